The maximum absolute atomic E-state index is 11.5. The van der Waals surface area contributed by atoms with Crippen molar-refractivity contribution in [2.24, 2.45) is 5.50 Å². The number of carbonyl (C=O) groups is 1. The molecular formula is C5H11FNO7P. The van der Waals surface area contributed by atoms with E-state index in [2.05, 4.69) is 14.8 Å². The first kappa shape index (κ1) is 14.6. The highest BCUT2D eigenvalue weighted by atomic mass is 31.2. The summed E-state index contributed by atoms with van der Waals surface area (Å²) in [7, 11) is -4.60. The summed E-state index contributed by atoms with van der Waals surface area (Å²) in [6.45, 7) is -0.875. The summed E-state index contributed by atoms with van der Waals surface area (Å²) in [4.78, 5) is 10.3. The molecule has 5 N–H and O–H groups in total. The molecule has 4 atom stereocenters. The SMILES string of the molecule is NP(=O)(OF)O[C@@H](C=O)[C@H](O)[C@H](O)CO. The Balaban J connectivity index is 4.50. The van der Waals surface area contributed by atoms with Gasteiger partial charge in [-0.1, -0.05) is 4.73 Å². The maximum Gasteiger partial charge on any atom is 0.435 e. The van der Waals surface area contributed by atoms with Crippen LogP contribution in [-0.4, -0.2) is 46.5 Å². The lowest BCUT2D eigenvalue weighted by molar-refractivity contribution is -0.128. The minimum Gasteiger partial charge on any atom is -0.394 e. The van der Waals surface area contributed by atoms with Gasteiger partial charge in [-0.2, -0.15) is 0 Å². The molecule has 0 heterocycles. The van der Waals surface area contributed by atoms with Gasteiger partial charge in [0.05, 0.1) is 6.61 Å². The molecule has 1 unspecified atom stereocenters. The lowest BCUT2D eigenvalue weighted by Gasteiger charge is -2.22. The molecular weight excluding hydrogens is 236 g/mol. The molecule has 0 aromatic heterocycles. The van der Waals surface area contributed by atoms with E-state index < -0.39 is 32.7 Å². The molecule has 0 saturated carbocycles. The number of hydrogen-bond acceptors (Lipinski definition) is 7. The fraction of sp³-hybridized carbons (Fsp3) is 0.800. The van der Waals surface area contributed by atoms with E-state index in [1.54, 1.807) is 0 Å². The van der Waals surface area contributed by atoms with E-state index in [0.29, 0.717) is 0 Å². The van der Waals surface area contributed by atoms with Gasteiger partial charge in [0.1, 0.15) is 12.2 Å². The third-order valence-electron chi connectivity index (χ3n) is 1.42. The van der Waals surface area contributed by atoms with Crippen LogP contribution in [0.25, 0.3) is 0 Å². The van der Waals surface area contributed by atoms with Gasteiger partial charge in [0.2, 0.25) is 0 Å². The minimum absolute atomic E-state index is 0.0674. The number of nitrogens with two attached hydrogens (primary N) is 1. The van der Waals surface area contributed by atoms with E-state index in [4.69, 9.17) is 15.3 Å². The molecule has 0 aliphatic carbocycles. The second kappa shape index (κ2) is 6.23. The van der Waals surface area contributed by atoms with Crippen LogP contribution in [0, 0.1) is 0 Å². The van der Waals surface area contributed by atoms with Crippen molar-refractivity contribution < 1.29 is 38.5 Å². The van der Waals surface area contributed by atoms with Crippen LogP contribution in [0.3, 0.4) is 0 Å². The lowest BCUT2D eigenvalue weighted by atomic mass is 10.1. The molecule has 0 saturated heterocycles. The van der Waals surface area contributed by atoms with Gasteiger partial charge in [-0.05, 0) is 4.53 Å². The van der Waals surface area contributed by atoms with Crippen LogP contribution in [0.2, 0.25) is 0 Å². The van der Waals surface area contributed by atoms with Gasteiger partial charge in [0, 0.05) is 0 Å². The summed E-state index contributed by atoms with van der Waals surface area (Å²) in [5.41, 5.74) is 4.59. The van der Waals surface area contributed by atoms with Crippen molar-refractivity contribution in [1.82, 2.24) is 0 Å². The van der Waals surface area contributed by atoms with Crippen LogP contribution < -0.4 is 5.50 Å². The van der Waals surface area contributed by atoms with E-state index in [0.717, 1.165) is 0 Å². The van der Waals surface area contributed by atoms with Gasteiger partial charge in [0.25, 0.3) is 0 Å². The van der Waals surface area contributed by atoms with Crippen molar-refractivity contribution in [3.63, 3.8) is 0 Å². The summed E-state index contributed by atoms with van der Waals surface area (Å²) in [5.74, 6) is 0. The molecule has 0 rings (SSSR count). The number of halogens is 1. The second-order valence-electron chi connectivity index (χ2n) is 2.56. The smallest absolute Gasteiger partial charge is 0.394 e. The standard InChI is InChI=1S/C5H11FNO7P/c6-14-15(7,12)13-4(2-9)5(11)3(10)1-8/h2-5,8,10-11H,1H2,(H2,7,12)/t3-,4+,5-,15?/m1/s1. The number of rotatable bonds is 7. The first-order chi connectivity index (χ1) is 6.87. The Morgan fingerprint density at radius 3 is 2.40 bits per heavy atom. The van der Waals surface area contributed by atoms with Crippen LogP contribution in [-0.2, 0) is 18.6 Å². The maximum atomic E-state index is 11.5. The van der Waals surface area contributed by atoms with Crippen LogP contribution in [0.1, 0.15) is 0 Å². The Hall–Kier alpha value is -0.410. The summed E-state index contributed by atoms with van der Waals surface area (Å²) in [5, 5.41) is 26.4. The van der Waals surface area contributed by atoms with Gasteiger partial charge in [-0.3, -0.25) is 4.52 Å². The van der Waals surface area contributed by atoms with E-state index in [9.17, 15) is 13.9 Å². The highest BCUT2D eigenvalue weighted by Gasteiger charge is 2.33. The molecule has 0 spiro atoms. The van der Waals surface area contributed by atoms with Crippen molar-refractivity contribution in [3.05, 3.63) is 0 Å². The zero-order chi connectivity index (χ0) is 12.1. The fourth-order valence-electron chi connectivity index (χ4n) is 0.681. The van der Waals surface area contributed by atoms with Crippen molar-refractivity contribution in [3.8, 4) is 0 Å². The predicted octanol–water partition coefficient (Wildman–Crippen LogP) is -1.75. The predicted molar refractivity (Wildman–Crippen MR) is 44.0 cm³/mol. The third-order valence-corrected chi connectivity index (χ3v) is 2.15. The summed E-state index contributed by atoms with van der Waals surface area (Å²) in [6, 6.07) is 0. The minimum atomic E-state index is -4.60. The fourth-order valence-corrected chi connectivity index (χ4v) is 1.23. The molecule has 0 radical (unpaired) electrons. The quantitative estimate of drug-likeness (QED) is 0.307. The van der Waals surface area contributed by atoms with Gasteiger partial charge in [-0.15, -0.1) is 0 Å². The van der Waals surface area contributed by atoms with Crippen molar-refractivity contribution in [2.45, 2.75) is 18.3 Å². The van der Waals surface area contributed by atoms with Crippen molar-refractivity contribution >= 4 is 14.0 Å². The number of aliphatic hydroxyl groups excluding tert-OH is 3. The summed E-state index contributed by atoms with van der Waals surface area (Å²) >= 11 is 0. The summed E-state index contributed by atoms with van der Waals surface area (Å²) < 4.78 is 29.0. The molecule has 0 aliphatic rings. The zero-order valence-corrected chi connectivity index (χ0v) is 8.29. The largest absolute Gasteiger partial charge is 0.435 e. The van der Waals surface area contributed by atoms with Gasteiger partial charge < -0.3 is 20.1 Å². The monoisotopic (exact) mass is 247 g/mol. The van der Waals surface area contributed by atoms with Crippen molar-refractivity contribution in [2.75, 3.05) is 6.61 Å². The van der Waals surface area contributed by atoms with Crippen LogP contribution in [0.4, 0.5) is 4.53 Å². The van der Waals surface area contributed by atoms with E-state index in [-0.39, 0.29) is 6.29 Å². The molecule has 15 heavy (non-hydrogen) atoms. The highest BCUT2D eigenvalue weighted by molar-refractivity contribution is 7.51. The Morgan fingerprint density at radius 2 is 2.07 bits per heavy atom. The van der Waals surface area contributed by atoms with Crippen LogP contribution >= 0.6 is 7.75 Å². The molecule has 8 nitrogen and oxygen atoms in total. The average molecular weight is 247 g/mol. The molecule has 0 aromatic carbocycles. The molecule has 0 aromatic rings. The molecule has 90 valence electrons. The molecule has 10 heteroatoms. The summed E-state index contributed by atoms with van der Waals surface area (Å²) in [6.07, 6.45) is -5.57. The Labute approximate surface area is 83.9 Å². The Bertz CT molecular complexity index is 252. The highest BCUT2D eigenvalue weighted by Crippen LogP contribution is 2.41. The first-order valence-corrected chi connectivity index (χ1v) is 5.28. The Kier molecular flexibility index (Phi) is 6.06. The van der Waals surface area contributed by atoms with Gasteiger partial charge in [0.15, 0.2) is 12.4 Å². The normalized spacial score (nSPS) is 21.4. The lowest BCUT2D eigenvalue weighted by Crippen LogP contribution is -2.41. The number of hydrogen-bond donors (Lipinski definition) is 4. The second-order valence-corrected chi connectivity index (χ2v) is 3.98. The van der Waals surface area contributed by atoms with Crippen molar-refractivity contribution in [1.29, 1.82) is 0 Å². The first-order valence-electron chi connectivity index (χ1n) is 3.67. The number of aliphatic hydroxyl groups is 3. The Morgan fingerprint density at radius 1 is 1.53 bits per heavy atom. The van der Waals surface area contributed by atoms with E-state index in [1.807, 2.05) is 0 Å². The number of aldehydes is 1. The topological polar surface area (TPSA) is 139 Å². The molecule has 0 fully saturated rings. The van der Waals surface area contributed by atoms with Gasteiger partial charge >= 0.3 is 7.75 Å². The molecule has 0 aliphatic heterocycles. The third kappa shape index (κ3) is 4.76. The van der Waals surface area contributed by atoms with E-state index in [1.165, 1.54) is 0 Å². The van der Waals surface area contributed by atoms with Crippen LogP contribution in [0.15, 0.2) is 0 Å². The van der Waals surface area contributed by atoms with Gasteiger partial charge in [-0.25, -0.2) is 10.1 Å². The van der Waals surface area contributed by atoms with Crippen LogP contribution in [0.5, 0.6) is 0 Å². The number of carbonyl (C=O) groups excluding carboxylic acids is 1. The van der Waals surface area contributed by atoms with E-state index >= 15 is 0 Å². The zero-order valence-electron chi connectivity index (χ0n) is 7.39. The molecule has 0 amide bonds. The molecule has 0 bridgehead atoms. The average Bonchev–Trinajstić information content (AvgIpc) is 2.23.